The Morgan fingerprint density at radius 3 is 2.79 bits per heavy atom. The molecule has 80 valence electrons. The Kier molecular flexibility index (Phi) is 3.21. The van der Waals surface area contributed by atoms with E-state index in [0.717, 1.165) is 0 Å². The smallest absolute Gasteiger partial charge is 0.333 e. The monoisotopic (exact) mass is 206 g/mol. The van der Waals surface area contributed by atoms with Crippen LogP contribution in [0, 0.1) is 0 Å². The van der Waals surface area contributed by atoms with Gasteiger partial charge in [0.1, 0.15) is 6.10 Å². The Balaban J connectivity index is 2.12. The van der Waals surface area contributed by atoms with Crippen LogP contribution >= 0.6 is 0 Å². The average Bonchev–Trinajstić information content (AvgIpc) is 2.78. The topological polar surface area (TPSA) is 38.8 Å². The van der Waals surface area contributed by atoms with Gasteiger partial charge in [-0.3, -0.25) is 0 Å². The molecular formula is C9H12F2O3. The molecule has 0 spiro atoms. The van der Waals surface area contributed by atoms with Crippen molar-refractivity contribution in [3.63, 3.8) is 0 Å². The van der Waals surface area contributed by atoms with Crippen molar-refractivity contribution < 1.29 is 23.0 Å². The van der Waals surface area contributed by atoms with Crippen LogP contribution in [0.5, 0.6) is 0 Å². The first-order valence-corrected chi connectivity index (χ1v) is 4.25. The van der Waals surface area contributed by atoms with Gasteiger partial charge in [-0.2, -0.15) is 0 Å². The third kappa shape index (κ3) is 2.51. The lowest BCUT2D eigenvalue weighted by Crippen LogP contribution is -2.13. The summed E-state index contributed by atoms with van der Waals surface area (Å²) in [4.78, 5) is 10.8. The molecule has 1 heterocycles. The highest BCUT2D eigenvalue weighted by molar-refractivity contribution is 5.86. The highest BCUT2D eigenvalue weighted by Crippen LogP contribution is 2.40. The van der Waals surface area contributed by atoms with Gasteiger partial charge in [0.2, 0.25) is 0 Å². The van der Waals surface area contributed by atoms with Gasteiger partial charge >= 0.3 is 5.97 Å². The molecule has 0 aromatic rings. The molecule has 1 saturated heterocycles. The summed E-state index contributed by atoms with van der Waals surface area (Å²) in [5, 5.41) is 0. The average molecular weight is 206 g/mol. The molecule has 3 nitrogen and oxygen atoms in total. The van der Waals surface area contributed by atoms with Gasteiger partial charge in [0, 0.05) is 12.0 Å². The second-order valence-corrected chi connectivity index (χ2v) is 3.23. The highest BCUT2D eigenvalue weighted by Gasteiger charge is 2.57. The lowest BCUT2D eigenvalue weighted by atomic mass is 10.2. The maximum atomic E-state index is 12.8. The van der Waals surface area contributed by atoms with Crippen LogP contribution < -0.4 is 0 Å². The van der Waals surface area contributed by atoms with Crippen LogP contribution in [0.15, 0.2) is 12.2 Å². The van der Waals surface area contributed by atoms with Gasteiger partial charge < -0.3 is 9.47 Å². The van der Waals surface area contributed by atoms with Crippen molar-refractivity contribution in [3.05, 3.63) is 12.2 Å². The third-order valence-corrected chi connectivity index (χ3v) is 1.91. The van der Waals surface area contributed by atoms with E-state index in [9.17, 15) is 13.6 Å². The fourth-order valence-corrected chi connectivity index (χ4v) is 0.976. The normalized spacial score (nSPS) is 29.8. The largest absolute Gasteiger partial charge is 0.462 e. The summed E-state index contributed by atoms with van der Waals surface area (Å²) in [5.74, 6) is -2.68. The molecule has 0 aromatic carbocycles. The fraction of sp³-hybridized carbons (Fsp3) is 0.667. The Morgan fingerprint density at radius 2 is 2.36 bits per heavy atom. The summed E-state index contributed by atoms with van der Waals surface area (Å²) in [6.45, 7) is 3.74. The third-order valence-electron chi connectivity index (χ3n) is 1.91. The van der Waals surface area contributed by atoms with E-state index in [4.69, 9.17) is 0 Å². The molecule has 0 aliphatic carbocycles. The number of carbonyl (C=O) groups excluding carboxylic acids is 1. The van der Waals surface area contributed by atoms with Gasteiger partial charge in [0.15, 0.2) is 6.67 Å². The standard InChI is InChI=1S/C9H12F2O3/c1-6(2)8(12)13-4-3-7-9(11,5-10)14-7/h7H,1,3-5H2,2H3. The lowest BCUT2D eigenvalue weighted by molar-refractivity contribution is -0.139. The van der Waals surface area contributed by atoms with Crippen molar-refractivity contribution in [1.82, 2.24) is 0 Å². The van der Waals surface area contributed by atoms with E-state index in [0.29, 0.717) is 0 Å². The molecule has 2 atom stereocenters. The van der Waals surface area contributed by atoms with Crippen molar-refractivity contribution in [2.45, 2.75) is 25.3 Å². The minimum atomic E-state index is -2.14. The summed E-state index contributed by atoms with van der Waals surface area (Å²) >= 11 is 0. The van der Waals surface area contributed by atoms with Crippen LogP contribution in [-0.4, -0.2) is 31.2 Å². The molecule has 1 aliphatic heterocycles. The molecule has 1 aliphatic rings. The quantitative estimate of drug-likeness (QED) is 0.389. The molecule has 0 bridgehead atoms. The number of alkyl halides is 2. The number of ether oxygens (including phenoxy) is 2. The predicted octanol–water partition coefficient (Wildman–Crippen LogP) is 1.53. The Hall–Kier alpha value is -0.970. The van der Waals surface area contributed by atoms with Crippen molar-refractivity contribution in [3.8, 4) is 0 Å². The van der Waals surface area contributed by atoms with Gasteiger partial charge in [-0.15, -0.1) is 0 Å². The first kappa shape index (κ1) is 11.1. The van der Waals surface area contributed by atoms with Crippen LogP contribution in [0.3, 0.4) is 0 Å². The maximum Gasteiger partial charge on any atom is 0.333 e. The van der Waals surface area contributed by atoms with E-state index < -0.39 is 24.6 Å². The number of halogens is 2. The van der Waals surface area contributed by atoms with Gasteiger partial charge in [0.05, 0.1) is 6.61 Å². The van der Waals surface area contributed by atoms with Crippen LogP contribution in [0.1, 0.15) is 13.3 Å². The van der Waals surface area contributed by atoms with Crippen LogP contribution in [0.2, 0.25) is 0 Å². The van der Waals surface area contributed by atoms with Crippen LogP contribution in [0.25, 0.3) is 0 Å². The SMILES string of the molecule is C=C(C)C(=O)OCCC1OC1(F)CF. The van der Waals surface area contributed by atoms with E-state index in [1.54, 1.807) is 0 Å². The number of esters is 1. The molecule has 5 heteroatoms. The second-order valence-electron chi connectivity index (χ2n) is 3.23. The maximum absolute atomic E-state index is 12.8. The summed E-state index contributed by atoms with van der Waals surface area (Å²) in [6, 6.07) is 0. The summed E-state index contributed by atoms with van der Waals surface area (Å²) in [7, 11) is 0. The van der Waals surface area contributed by atoms with Gasteiger partial charge in [-0.1, -0.05) is 6.58 Å². The molecular weight excluding hydrogens is 194 g/mol. The van der Waals surface area contributed by atoms with Crippen molar-refractivity contribution in [1.29, 1.82) is 0 Å². The molecule has 0 saturated carbocycles. The zero-order chi connectivity index (χ0) is 10.8. The van der Waals surface area contributed by atoms with Gasteiger partial charge in [-0.05, 0) is 6.92 Å². The summed E-state index contributed by atoms with van der Waals surface area (Å²) < 4.78 is 33.9. The van der Waals surface area contributed by atoms with E-state index in [1.165, 1.54) is 6.92 Å². The van der Waals surface area contributed by atoms with E-state index in [2.05, 4.69) is 16.1 Å². The van der Waals surface area contributed by atoms with Gasteiger partial charge in [0.25, 0.3) is 5.85 Å². The molecule has 0 N–H and O–H groups in total. The zero-order valence-corrected chi connectivity index (χ0v) is 7.89. The molecule has 0 amide bonds. The second kappa shape index (κ2) is 4.04. The van der Waals surface area contributed by atoms with Crippen LogP contribution in [0.4, 0.5) is 8.78 Å². The summed E-state index contributed by atoms with van der Waals surface area (Å²) in [5.41, 5.74) is 0.277. The first-order valence-electron chi connectivity index (χ1n) is 4.25. The van der Waals surface area contributed by atoms with E-state index in [1.807, 2.05) is 0 Å². The molecule has 1 rings (SSSR count). The molecule has 2 unspecified atom stereocenters. The number of hydrogen-bond donors (Lipinski definition) is 0. The number of rotatable bonds is 5. The zero-order valence-electron chi connectivity index (χ0n) is 7.89. The predicted molar refractivity (Wildman–Crippen MR) is 45.1 cm³/mol. The first-order chi connectivity index (χ1) is 6.49. The molecule has 14 heavy (non-hydrogen) atoms. The number of hydrogen-bond acceptors (Lipinski definition) is 3. The molecule has 0 radical (unpaired) electrons. The summed E-state index contributed by atoms with van der Waals surface area (Å²) in [6.07, 6.45) is -0.621. The molecule has 0 aromatic heterocycles. The molecule has 1 fully saturated rings. The van der Waals surface area contributed by atoms with Gasteiger partial charge in [-0.25, -0.2) is 13.6 Å². The van der Waals surface area contributed by atoms with Crippen molar-refractivity contribution in [2.75, 3.05) is 13.3 Å². The van der Waals surface area contributed by atoms with Crippen molar-refractivity contribution in [2.24, 2.45) is 0 Å². The minimum absolute atomic E-state index is 0.0159. The van der Waals surface area contributed by atoms with Crippen molar-refractivity contribution >= 4 is 5.97 Å². The van der Waals surface area contributed by atoms with E-state index in [-0.39, 0.29) is 18.6 Å². The Morgan fingerprint density at radius 1 is 1.71 bits per heavy atom. The number of carbonyl (C=O) groups is 1. The minimum Gasteiger partial charge on any atom is -0.462 e. The van der Waals surface area contributed by atoms with E-state index >= 15 is 0 Å². The number of epoxide rings is 1. The van der Waals surface area contributed by atoms with Crippen LogP contribution in [-0.2, 0) is 14.3 Å². The fourth-order valence-electron chi connectivity index (χ4n) is 0.976. The lowest BCUT2D eigenvalue weighted by Gasteiger charge is -2.02. The highest BCUT2D eigenvalue weighted by atomic mass is 19.2. The Bertz CT molecular complexity index is 254. The Labute approximate surface area is 80.7 Å².